The van der Waals surface area contributed by atoms with Gasteiger partial charge >= 0.3 is 0 Å². The Kier molecular flexibility index (Phi) is 4.20. The van der Waals surface area contributed by atoms with Crippen LogP contribution in [0.4, 0.5) is 0 Å². The zero-order valence-electron chi connectivity index (χ0n) is 15.8. The topological polar surface area (TPSA) is 98.0 Å². The maximum absolute atomic E-state index is 11.9. The van der Waals surface area contributed by atoms with Gasteiger partial charge in [0.05, 0.1) is 18.3 Å². The van der Waals surface area contributed by atoms with Crippen LogP contribution in [-0.2, 0) is 4.79 Å². The Hall–Kier alpha value is -0.750. The fourth-order valence-electron chi connectivity index (χ4n) is 7.42. The van der Waals surface area contributed by atoms with E-state index in [1.807, 2.05) is 13.0 Å². The Labute approximate surface area is 155 Å². The van der Waals surface area contributed by atoms with Crippen LogP contribution in [0.5, 0.6) is 0 Å². The molecule has 8 atom stereocenters. The van der Waals surface area contributed by atoms with Crippen molar-refractivity contribution in [1.29, 1.82) is 0 Å². The summed E-state index contributed by atoms with van der Waals surface area (Å²) in [6.45, 7) is 3.73. The van der Waals surface area contributed by atoms with Crippen molar-refractivity contribution < 1.29 is 25.2 Å². The highest BCUT2D eigenvalue weighted by atomic mass is 16.4. The lowest BCUT2D eigenvalue weighted by Gasteiger charge is -2.61. The van der Waals surface area contributed by atoms with Gasteiger partial charge in [-0.05, 0) is 67.8 Å². The lowest BCUT2D eigenvalue weighted by atomic mass is 9.45. The van der Waals surface area contributed by atoms with Crippen molar-refractivity contribution in [3.63, 3.8) is 0 Å². The van der Waals surface area contributed by atoms with Gasteiger partial charge in [0, 0.05) is 11.8 Å². The van der Waals surface area contributed by atoms with E-state index < -0.39 is 29.8 Å². The molecule has 4 N–H and O–H groups in total. The molecule has 0 heterocycles. The molecular formula is C21H32O5. The summed E-state index contributed by atoms with van der Waals surface area (Å²) < 4.78 is 0. The van der Waals surface area contributed by atoms with Gasteiger partial charge in [-0.15, -0.1) is 0 Å². The Balaban J connectivity index is 1.72. The molecule has 5 nitrogen and oxygen atoms in total. The summed E-state index contributed by atoms with van der Waals surface area (Å²) in [6, 6.07) is 0. The molecular weight excluding hydrogens is 332 g/mol. The molecule has 0 aromatic carbocycles. The van der Waals surface area contributed by atoms with Gasteiger partial charge in [0.15, 0.2) is 5.78 Å². The first-order chi connectivity index (χ1) is 12.2. The molecule has 0 aromatic heterocycles. The third-order valence-electron chi connectivity index (χ3n) is 8.84. The molecule has 26 heavy (non-hydrogen) atoms. The molecule has 3 saturated carbocycles. The Morgan fingerprint density at radius 3 is 2.65 bits per heavy atom. The van der Waals surface area contributed by atoms with Crippen molar-refractivity contribution >= 4 is 5.78 Å². The van der Waals surface area contributed by atoms with E-state index in [-0.39, 0.29) is 29.0 Å². The Morgan fingerprint density at radius 2 is 1.96 bits per heavy atom. The van der Waals surface area contributed by atoms with Crippen LogP contribution >= 0.6 is 0 Å². The fourth-order valence-corrected chi connectivity index (χ4v) is 7.42. The molecule has 4 aliphatic rings. The predicted molar refractivity (Wildman–Crippen MR) is 96.1 cm³/mol. The first-order valence-corrected chi connectivity index (χ1v) is 10.1. The highest BCUT2D eigenvalue weighted by molar-refractivity contribution is 5.91. The van der Waals surface area contributed by atoms with Crippen molar-refractivity contribution in [2.75, 3.05) is 6.61 Å². The number of hydrogen-bond acceptors (Lipinski definition) is 5. The summed E-state index contributed by atoms with van der Waals surface area (Å²) in [5.41, 5.74) is -0.898. The number of carbonyl (C=O) groups excluding carboxylic acids is 1. The molecule has 0 aliphatic heterocycles. The van der Waals surface area contributed by atoms with Gasteiger partial charge in [-0.2, -0.15) is 0 Å². The number of fused-ring (bicyclic) bond motifs is 5. The van der Waals surface area contributed by atoms with Crippen LogP contribution in [0, 0.1) is 28.6 Å². The van der Waals surface area contributed by atoms with E-state index >= 15 is 0 Å². The molecule has 0 radical (unpaired) electrons. The molecule has 0 aromatic rings. The van der Waals surface area contributed by atoms with E-state index in [1.54, 1.807) is 0 Å². The first kappa shape index (κ1) is 18.6. The SMILES string of the molecule is C[C@]12CCC(=O)C=C1CC[C@@H]1[C@@H]2[C@@H](O)C[C@]2(C)[C@H]1CC[C@]2(O)[C@H](O)CO. The van der Waals surface area contributed by atoms with E-state index in [9.17, 15) is 25.2 Å². The normalized spacial score (nSPS) is 51.9. The second-order valence-corrected chi connectivity index (χ2v) is 9.74. The van der Waals surface area contributed by atoms with Crippen LogP contribution in [-0.4, -0.2) is 50.6 Å². The number of carbonyl (C=O) groups is 1. The molecule has 5 heteroatoms. The van der Waals surface area contributed by atoms with Gasteiger partial charge in [0.25, 0.3) is 0 Å². The molecule has 0 amide bonds. The number of rotatable bonds is 2. The number of allylic oxidation sites excluding steroid dienone is 1. The average Bonchev–Trinajstić information content (AvgIpc) is 2.86. The van der Waals surface area contributed by atoms with E-state index in [2.05, 4.69) is 6.92 Å². The Morgan fingerprint density at radius 1 is 1.23 bits per heavy atom. The lowest BCUT2D eigenvalue weighted by Crippen LogP contribution is -2.63. The Bertz CT molecular complexity index is 644. The van der Waals surface area contributed by atoms with E-state index in [0.29, 0.717) is 19.3 Å². The molecule has 0 spiro atoms. The van der Waals surface area contributed by atoms with Crippen molar-refractivity contribution in [2.45, 2.75) is 76.6 Å². The minimum atomic E-state index is -1.35. The highest BCUT2D eigenvalue weighted by Gasteiger charge is 2.67. The lowest BCUT2D eigenvalue weighted by molar-refractivity contribution is -0.207. The van der Waals surface area contributed by atoms with Crippen molar-refractivity contribution in [3.05, 3.63) is 11.6 Å². The molecule has 146 valence electrons. The van der Waals surface area contributed by atoms with Gasteiger partial charge in [-0.3, -0.25) is 4.79 Å². The zero-order valence-corrected chi connectivity index (χ0v) is 15.8. The van der Waals surface area contributed by atoms with E-state index in [1.165, 1.54) is 5.57 Å². The van der Waals surface area contributed by atoms with Crippen LogP contribution in [0.3, 0.4) is 0 Å². The molecule has 4 aliphatic carbocycles. The quantitative estimate of drug-likeness (QED) is 0.596. The maximum atomic E-state index is 11.9. The predicted octanol–water partition coefficient (Wildman–Crippen LogP) is 1.57. The van der Waals surface area contributed by atoms with Gasteiger partial charge in [-0.1, -0.05) is 19.4 Å². The monoisotopic (exact) mass is 364 g/mol. The van der Waals surface area contributed by atoms with Crippen molar-refractivity contribution in [1.82, 2.24) is 0 Å². The standard InChI is InChI=1S/C21H32O5/c1-19-7-5-13(23)9-12(19)3-4-14-15-6-8-21(26,17(25)11-22)20(15,2)10-16(24)18(14)19/h9,14-18,22,24-26H,3-8,10-11H2,1-2H3/t14-,15-,16-,17+,18+,19-,20+,21-/m0/s1. The molecule has 0 unspecified atom stereocenters. The molecule has 3 fully saturated rings. The fraction of sp³-hybridized carbons (Fsp3) is 0.857. The largest absolute Gasteiger partial charge is 0.394 e. The average molecular weight is 364 g/mol. The second kappa shape index (κ2) is 5.87. The summed E-state index contributed by atoms with van der Waals surface area (Å²) in [6.07, 6.45) is 4.92. The summed E-state index contributed by atoms with van der Waals surface area (Å²) in [4.78, 5) is 11.9. The highest BCUT2D eigenvalue weighted by Crippen LogP contribution is 2.67. The molecule has 0 saturated heterocycles. The first-order valence-electron chi connectivity index (χ1n) is 10.1. The van der Waals surface area contributed by atoms with Crippen LogP contribution < -0.4 is 0 Å². The molecule has 0 bridgehead atoms. The minimum Gasteiger partial charge on any atom is -0.394 e. The third-order valence-corrected chi connectivity index (χ3v) is 8.84. The maximum Gasteiger partial charge on any atom is 0.155 e. The summed E-state index contributed by atoms with van der Waals surface area (Å²) in [5, 5.41) is 42.3. The van der Waals surface area contributed by atoms with Crippen LogP contribution in [0.25, 0.3) is 0 Å². The number of aliphatic hydroxyl groups excluding tert-OH is 3. The van der Waals surface area contributed by atoms with Gasteiger partial charge in [0.2, 0.25) is 0 Å². The van der Waals surface area contributed by atoms with Crippen molar-refractivity contribution in [2.24, 2.45) is 28.6 Å². The van der Waals surface area contributed by atoms with Gasteiger partial charge < -0.3 is 20.4 Å². The van der Waals surface area contributed by atoms with Gasteiger partial charge in [0.1, 0.15) is 6.10 Å². The summed E-state index contributed by atoms with van der Waals surface area (Å²) >= 11 is 0. The van der Waals surface area contributed by atoms with Crippen molar-refractivity contribution in [3.8, 4) is 0 Å². The van der Waals surface area contributed by atoms with Gasteiger partial charge in [-0.25, -0.2) is 0 Å². The molecule has 4 rings (SSSR count). The smallest absolute Gasteiger partial charge is 0.155 e. The second-order valence-electron chi connectivity index (χ2n) is 9.74. The number of ketones is 1. The van der Waals surface area contributed by atoms with Crippen LogP contribution in [0.15, 0.2) is 11.6 Å². The van der Waals surface area contributed by atoms with Crippen LogP contribution in [0.2, 0.25) is 0 Å². The summed E-state index contributed by atoms with van der Waals surface area (Å²) in [7, 11) is 0. The van der Waals surface area contributed by atoms with E-state index in [4.69, 9.17) is 0 Å². The number of aliphatic hydroxyl groups is 4. The zero-order chi connectivity index (χ0) is 18.9. The summed E-state index contributed by atoms with van der Waals surface area (Å²) in [5.74, 6) is 0.798. The van der Waals surface area contributed by atoms with Crippen LogP contribution in [0.1, 0.15) is 58.8 Å². The minimum absolute atomic E-state index is 0.0993. The number of hydrogen-bond donors (Lipinski definition) is 4. The third kappa shape index (κ3) is 2.20. The van der Waals surface area contributed by atoms with E-state index in [0.717, 1.165) is 25.7 Å².